The predicted octanol–water partition coefficient (Wildman–Crippen LogP) is 3.35. The van der Waals surface area contributed by atoms with Crippen molar-refractivity contribution in [2.75, 3.05) is 6.54 Å². The molecule has 0 aliphatic heterocycles. The van der Waals surface area contributed by atoms with Crippen molar-refractivity contribution in [3.8, 4) is 11.3 Å². The van der Waals surface area contributed by atoms with E-state index in [0.717, 1.165) is 33.9 Å². The van der Waals surface area contributed by atoms with Crippen LogP contribution >= 0.6 is 0 Å². The molecule has 2 aromatic heterocycles. The third-order valence-electron chi connectivity index (χ3n) is 5.08. The molecule has 2 heterocycles. The number of aryl methyl sites for hydroxylation is 3. The molecule has 0 saturated heterocycles. The molecule has 30 heavy (non-hydrogen) atoms. The Kier molecular flexibility index (Phi) is 6.72. The minimum absolute atomic E-state index is 0.0573. The Bertz CT molecular complexity index is 1140. The molecule has 0 spiro atoms. The van der Waals surface area contributed by atoms with Crippen molar-refractivity contribution in [2.24, 2.45) is 5.14 Å². The van der Waals surface area contributed by atoms with Gasteiger partial charge in [0.25, 0.3) is 5.56 Å². The van der Waals surface area contributed by atoms with Gasteiger partial charge in [-0.3, -0.25) is 4.79 Å². The highest BCUT2D eigenvalue weighted by atomic mass is 32.3. The number of benzene rings is 1. The highest BCUT2D eigenvalue weighted by Crippen LogP contribution is 2.25. The molecule has 1 aromatic carbocycles. The molecule has 5 N–H and O–H groups in total. The van der Waals surface area contributed by atoms with Crippen LogP contribution in [0.5, 0.6) is 0 Å². The number of H-pyrrole nitrogens is 1. The Balaban J connectivity index is 1.61. The van der Waals surface area contributed by atoms with Gasteiger partial charge in [0, 0.05) is 28.5 Å². The van der Waals surface area contributed by atoms with E-state index in [2.05, 4.69) is 10.3 Å². The molecule has 0 radical (unpaired) electrons. The van der Waals surface area contributed by atoms with Gasteiger partial charge in [-0.2, -0.15) is 4.55 Å². The molecule has 7 nitrogen and oxygen atoms in total. The first-order valence-electron chi connectivity index (χ1n) is 9.85. The molecule has 0 fully saturated rings. The lowest BCUT2D eigenvalue weighted by molar-refractivity contribution is 0.494. The van der Waals surface area contributed by atoms with Crippen molar-refractivity contribution in [2.45, 2.75) is 45.1 Å². The number of nitrogens with one attached hydrogen (secondary N) is 2. The van der Waals surface area contributed by atoms with Gasteiger partial charge in [-0.05, 0) is 61.2 Å². The number of nitrogens with two attached hydrogens (primary N) is 1. The zero-order valence-electron chi connectivity index (χ0n) is 17.5. The molecule has 0 amide bonds. The van der Waals surface area contributed by atoms with Gasteiger partial charge in [-0.1, -0.05) is 19.1 Å². The van der Waals surface area contributed by atoms with Gasteiger partial charge in [0.05, 0.1) is 6.54 Å². The van der Waals surface area contributed by atoms with Crippen LogP contribution in [0.4, 0.5) is 0 Å². The largest absolute Gasteiger partial charge is 0.460 e. The molecule has 0 aliphatic carbocycles. The van der Waals surface area contributed by atoms with Crippen LogP contribution in [0, 0.1) is 13.8 Å². The molecular weight excluding hydrogens is 402 g/mol. The molecule has 0 saturated carbocycles. The van der Waals surface area contributed by atoms with Gasteiger partial charge in [0.15, 0.2) is 0 Å². The summed E-state index contributed by atoms with van der Waals surface area (Å²) in [7, 11) is -3.47. The van der Waals surface area contributed by atoms with Gasteiger partial charge in [0.2, 0.25) is 4.90 Å². The summed E-state index contributed by atoms with van der Waals surface area (Å²) in [6.07, 6.45) is 1.35. The number of aromatic nitrogens is 1. The maximum Gasteiger partial charge on any atom is 0.320 e. The smallest absolute Gasteiger partial charge is 0.320 e. The summed E-state index contributed by atoms with van der Waals surface area (Å²) in [5.74, 6) is 1.51. The monoisotopic (exact) mass is 430 g/mol. The molecular formula is C22H28N3O4S+. The van der Waals surface area contributed by atoms with E-state index in [1.165, 1.54) is 0 Å². The third kappa shape index (κ3) is 5.14. The van der Waals surface area contributed by atoms with Crippen LogP contribution in [-0.2, 0) is 34.0 Å². The maximum atomic E-state index is 11.9. The lowest BCUT2D eigenvalue weighted by atomic mass is 10.1. The van der Waals surface area contributed by atoms with E-state index in [1.807, 2.05) is 44.2 Å². The summed E-state index contributed by atoms with van der Waals surface area (Å²) in [4.78, 5) is 15.1. The Morgan fingerprint density at radius 1 is 1.20 bits per heavy atom. The third-order valence-corrected chi connectivity index (χ3v) is 6.15. The lowest BCUT2D eigenvalue weighted by Gasteiger charge is -2.07. The van der Waals surface area contributed by atoms with Gasteiger partial charge >= 0.3 is 10.4 Å². The maximum absolute atomic E-state index is 11.9. The van der Waals surface area contributed by atoms with Gasteiger partial charge in [0.1, 0.15) is 11.5 Å². The number of aromatic amines is 1. The van der Waals surface area contributed by atoms with Crippen molar-refractivity contribution in [1.82, 2.24) is 10.3 Å². The first-order valence-corrected chi connectivity index (χ1v) is 11.4. The second-order valence-corrected chi connectivity index (χ2v) is 8.95. The van der Waals surface area contributed by atoms with Crippen LogP contribution in [0.2, 0.25) is 0 Å². The van der Waals surface area contributed by atoms with E-state index in [1.54, 1.807) is 13.0 Å². The Morgan fingerprint density at radius 3 is 2.67 bits per heavy atom. The molecule has 3 rings (SSSR count). The Labute approximate surface area is 177 Å². The van der Waals surface area contributed by atoms with Crippen molar-refractivity contribution >= 4 is 10.4 Å². The summed E-state index contributed by atoms with van der Waals surface area (Å²) in [5, 5.41) is 8.70. The van der Waals surface area contributed by atoms with Crippen molar-refractivity contribution < 1.29 is 13.2 Å². The summed E-state index contributed by atoms with van der Waals surface area (Å²) in [5.41, 5.74) is 3.98. The van der Waals surface area contributed by atoms with Crippen LogP contribution in [0.25, 0.3) is 11.3 Å². The fourth-order valence-corrected chi connectivity index (χ4v) is 4.21. The minimum Gasteiger partial charge on any atom is -0.460 e. The Hall–Kier alpha value is -2.52. The SMILES string of the molecule is CCc1cc(-c2ccc(CNCCc3ccc(C)c([S+](N)(=O)O)c3)o2)c(C)[nH]c1=O. The fraction of sp³-hybridized carbons (Fsp3) is 0.318. The van der Waals surface area contributed by atoms with Crippen LogP contribution in [0.1, 0.15) is 35.1 Å². The Morgan fingerprint density at radius 2 is 1.97 bits per heavy atom. The van der Waals surface area contributed by atoms with Crippen molar-refractivity contribution in [1.29, 1.82) is 0 Å². The van der Waals surface area contributed by atoms with Gasteiger partial charge in [-0.25, -0.2) is 0 Å². The number of furan rings is 1. The van der Waals surface area contributed by atoms with Crippen LogP contribution < -0.4 is 16.0 Å². The number of rotatable bonds is 8. The molecule has 0 aliphatic rings. The summed E-state index contributed by atoms with van der Waals surface area (Å²) in [6.45, 7) is 6.80. The van der Waals surface area contributed by atoms with E-state index in [0.29, 0.717) is 31.5 Å². The van der Waals surface area contributed by atoms with E-state index >= 15 is 0 Å². The number of hydrogen-bond acceptors (Lipinski definition) is 4. The highest BCUT2D eigenvalue weighted by molar-refractivity contribution is 7.95. The van der Waals surface area contributed by atoms with Gasteiger partial charge in [-0.15, -0.1) is 5.14 Å². The normalized spacial score (nSPS) is 13.4. The zero-order valence-corrected chi connectivity index (χ0v) is 18.3. The first kappa shape index (κ1) is 22.2. The van der Waals surface area contributed by atoms with Crippen LogP contribution in [0.15, 0.2) is 50.5 Å². The molecule has 1 unspecified atom stereocenters. The molecule has 8 heteroatoms. The summed E-state index contributed by atoms with van der Waals surface area (Å²) >= 11 is 0. The van der Waals surface area contributed by atoms with Crippen molar-refractivity contribution in [3.63, 3.8) is 0 Å². The topological polar surface area (TPSA) is 121 Å². The minimum atomic E-state index is -3.47. The van der Waals surface area contributed by atoms with E-state index in [4.69, 9.17) is 9.56 Å². The van der Waals surface area contributed by atoms with Crippen LogP contribution in [-0.4, -0.2) is 16.1 Å². The molecule has 0 bridgehead atoms. The van der Waals surface area contributed by atoms with E-state index < -0.39 is 10.4 Å². The molecule has 3 aromatic rings. The summed E-state index contributed by atoms with van der Waals surface area (Å²) in [6, 6.07) is 11.1. The number of pyridine rings is 1. The van der Waals surface area contributed by atoms with Crippen molar-refractivity contribution in [3.05, 3.63) is 74.9 Å². The second-order valence-electron chi connectivity index (χ2n) is 7.38. The van der Waals surface area contributed by atoms with Crippen LogP contribution in [0.3, 0.4) is 0 Å². The zero-order chi connectivity index (χ0) is 21.9. The lowest BCUT2D eigenvalue weighted by Crippen LogP contribution is -2.22. The second kappa shape index (κ2) is 9.09. The first-order chi connectivity index (χ1) is 14.2. The highest BCUT2D eigenvalue weighted by Gasteiger charge is 2.25. The summed E-state index contributed by atoms with van der Waals surface area (Å²) < 4.78 is 27.4. The van der Waals surface area contributed by atoms with Gasteiger partial charge < -0.3 is 14.7 Å². The quantitative estimate of drug-likeness (QED) is 0.322. The standard InChI is InChI=1S/C22H27N3O4S/c1-4-17-12-19(15(3)25-22(17)26)20-8-7-18(29-20)13-24-10-9-16-6-5-14(2)21(11-16)30(23,27)28/h5-8,11-12,24H,4,9-10,13H2,1-3H3,(H3-,23,25,26,27,28)/p+1. The van der Waals surface area contributed by atoms with E-state index in [9.17, 15) is 13.6 Å². The average Bonchev–Trinajstić information content (AvgIpc) is 3.14. The molecule has 160 valence electrons. The predicted molar refractivity (Wildman–Crippen MR) is 119 cm³/mol. The number of hydrogen-bond donors (Lipinski definition) is 4. The fourth-order valence-electron chi connectivity index (χ4n) is 3.36. The average molecular weight is 431 g/mol. The molecule has 1 atom stereocenters. The van der Waals surface area contributed by atoms with E-state index in [-0.39, 0.29) is 10.5 Å².